The molecule has 0 radical (unpaired) electrons. The fourth-order valence-corrected chi connectivity index (χ4v) is 3.49. The molecule has 4 nitrogen and oxygen atoms in total. The molecule has 0 bridgehead atoms. The van der Waals surface area contributed by atoms with Gasteiger partial charge in [-0.15, -0.1) is 0 Å². The van der Waals surface area contributed by atoms with Crippen LogP contribution in [0.15, 0.2) is 29.2 Å². The van der Waals surface area contributed by atoms with Crippen molar-refractivity contribution in [1.82, 2.24) is 4.72 Å². The van der Waals surface area contributed by atoms with Gasteiger partial charge in [0.2, 0.25) is 10.0 Å². The van der Waals surface area contributed by atoms with E-state index in [9.17, 15) is 8.42 Å². The van der Waals surface area contributed by atoms with Gasteiger partial charge in [0.15, 0.2) is 0 Å². The van der Waals surface area contributed by atoms with Crippen molar-refractivity contribution < 1.29 is 13.2 Å². The topological polar surface area (TPSA) is 55.4 Å². The number of rotatable bonds is 4. The zero-order valence-corrected chi connectivity index (χ0v) is 11.4. The van der Waals surface area contributed by atoms with Crippen LogP contribution in [0, 0.1) is 12.8 Å². The molecule has 1 aromatic rings. The van der Waals surface area contributed by atoms with Crippen LogP contribution in [0.4, 0.5) is 0 Å². The Morgan fingerprint density at radius 1 is 1.39 bits per heavy atom. The van der Waals surface area contributed by atoms with E-state index in [2.05, 4.69) is 4.72 Å². The smallest absolute Gasteiger partial charge is 0.240 e. The maximum atomic E-state index is 12.1. The second kappa shape index (κ2) is 5.82. The summed E-state index contributed by atoms with van der Waals surface area (Å²) < 4.78 is 32.3. The fraction of sp³-hybridized carbons (Fsp3) is 0.538. The first-order valence-corrected chi connectivity index (χ1v) is 7.71. The highest BCUT2D eigenvalue weighted by molar-refractivity contribution is 7.89. The predicted octanol–water partition coefficient (Wildman–Crippen LogP) is 1.70. The first kappa shape index (κ1) is 13.5. The van der Waals surface area contributed by atoms with E-state index in [-0.39, 0.29) is 5.92 Å². The Labute approximate surface area is 108 Å². The summed E-state index contributed by atoms with van der Waals surface area (Å²) in [5, 5.41) is 0. The first-order valence-electron chi connectivity index (χ1n) is 6.22. The summed E-state index contributed by atoms with van der Waals surface area (Å²) in [6.07, 6.45) is 2.03. The van der Waals surface area contributed by atoms with Gasteiger partial charge in [-0.25, -0.2) is 13.1 Å². The van der Waals surface area contributed by atoms with E-state index in [0.29, 0.717) is 18.0 Å². The zero-order valence-electron chi connectivity index (χ0n) is 10.6. The van der Waals surface area contributed by atoms with Crippen LogP contribution >= 0.6 is 0 Å². The molecule has 1 unspecified atom stereocenters. The average Bonchev–Trinajstić information content (AvgIpc) is 2.38. The van der Waals surface area contributed by atoms with E-state index in [1.807, 2.05) is 6.07 Å². The highest BCUT2D eigenvalue weighted by atomic mass is 32.2. The van der Waals surface area contributed by atoms with Gasteiger partial charge in [-0.3, -0.25) is 0 Å². The van der Waals surface area contributed by atoms with Crippen molar-refractivity contribution >= 4 is 10.0 Å². The van der Waals surface area contributed by atoms with Crippen molar-refractivity contribution in [3.8, 4) is 0 Å². The lowest BCUT2D eigenvalue weighted by molar-refractivity contribution is 0.0568. The lowest BCUT2D eigenvalue weighted by atomic mass is 10.0. The van der Waals surface area contributed by atoms with Crippen molar-refractivity contribution in [2.45, 2.75) is 24.7 Å². The Kier molecular flexibility index (Phi) is 4.37. The minimum Gasteiger partial charge on any atom is -0.381 e. The van der Waals surface area contributed by atoms with Crippen LogP contribution in [0.25, 0.3) is 0 Å². The van der Waals surface area contributed by atoms with Gasteiger partial charge in [0, 0.05) is 13.2 Å². The quantitative estimate of drug-likeness (QED) is 0.905. The van der Waals surface area contributed by atoms with Gasteiger partial charge >= 0.3 is 0 Å². The Morgan fingerprint density at radius 3 is 2.83 bits per heavy atom. The second-order valence-electron chi connectivity index (χ2n) is 4.70. The van der Waals surface area contributed by atoms with Gasteiger partial charge in [-0.1, -0.05) is 18.2 Å². The minimum atomic E-state index is -3.40. The monoisotopic (exact) mass is 269 g/mol. The largest absolute Gasteiger partial charge is 0.381 e. The molecule has 1 aromatic carbocycles. The summed E-state index contributed by atoms with van der Waals surface area (Å²) in [6, 6.07) is 7.02. The van der Waals surface area contributed by atoms with E-state index in [1.54, 1.807) is 25.1 Å². The Bertz CT molecular complexity index is 493. The van der Waals surface area contributed by atoms with E-state index < -0.39 is 10.0 Å². The van der Waals surface area contributed by atoms with Crippen LogP contribution in [0.2, 0.25) is 0 Å². The molecule has 0 amide bonds. The molecule has 0 spiro atoms. The summed E-state index contributed by atoms with van der Waals surface area (Å²) in [5.74, 6) is 0.289. The molecule has 5 heteroatoms. The Morgan fingerprint density at radius 2 is 2.17 bits per heavy atom. The number of hydrogen-bond donors (Lipinski definition) is 1. The molecule has 1 saturated heterocycles. The van der Waals surface area contributed by atoms with E-state index in [1.165, 1.54) is 0 Å². The molecule has 1 atom stereocenters. The molecule has 1 aliphatic rings. The maximum Gasteiger partial charge on any atom is 0.240 e. The van der Waals surface area contributed by atoms with Crippen molar-refractivity contribution in [2.75, 3.05) is 19.8 Å². The third-order valence-corrected chi connectivity index (χ3v) is 4.78. The molecular formula is C13H19NO3S. The average molecular weight is 269 g/mol. The van der Waals surface area contributed by atoms with Crippen LogP contribution in [0.5, 0.6) is 0 Å². The Hall–Kier alpha value is -0.910. The van der Waals surface area contributed by atoms with Gasteiger partial charge in [0.1, 0.15) is 0 Å². The second-order valence-corrected chi connectivity index (χ2v) is 6.44. The van der Waals surface area contributed by atoms with E-state index in [0.717, 1.165) is 25.0 Å². The maximum absolute atomic E-state index is 12.1. The number of hydrogen-bond acceptors (Lipinski definition) is 3. The molecule has 1 heterocycles. The van der Waals surface area contributed by atoms with Crippen LogP contribution in [0.3, 0.4) is 0 Å². The molecule has 0 aliphatic carbocycles. The lowest BCUT2D eigenvalue weighted by Gasteiger charge is -2.22. The van der Waals surface area contributed by atoms with E-state index >= 15 is 0 Å². The third-order valence-electron chi connectivity index (χ3n) is 3.20. The molecule has 0 aromatic heterocycles. The van der Waals surface area contributed by atoms with Gasteiger partial charge in [-0.2, -0.15) is 0 Å². The van der Waals surface area contributed by atoms with Crippen molar-refractivity contribution in [3.63, 3.8) is 0 Å². The summed E-state index contributed by atoms with van der Waals surface area (Å²) in [7, 11) is -3.40. The highest BCUT2D eigenvalue weighted by Gasteiger charge is 2.20. The van der Waals surface area contributed by atoms with Crippen molar-refractivity contribution in [1.29, 1.82) is 0 Å². The molecule has 0 saturated carbocycles. The van der Waals surface area contributed by atoms with Crippen molar-refractivity contribution in [2.24, 2.45) is 5.92 Å². The highest BCUT2D eigenvalue weighted by Crippen LogP contribution is 2.16. The molecule has 1 N–H and O–H groups in total. The van der Waals surface area contributed by atoms with Crippen LogP contribution in [-0.2, 0) is 14.8 Å². The molecule has 18 heavy (non-hydrogen) atoms. The normalized spacial score (nSPS) is 20.8. The van der Waals surface area contributed by atoms with Crippen LogP contribution in [0.1, 0.15) is 18.4 Å². The summed E-state index contributed by atoms with van der Waals surface area (Å²) in [4.78, 5) is 0.363. The number of ether oxygens (including phenoxy) is 1. The van der Waals surface area contributed by atoms with Crippen LogP contribution < -0.4 is 4.72 Å². The summed E-state index contributed by atoms with van der Waals surface area (Å²) in [5.41, 5.74) is 0.768. The van der Waals surface area contributed by atoms with Crippen molar-refractivity contribution in [3.05, 3.63) is 29.8 Å². The standard InChI is InChI=1S/C13H19NO3S/c1-11-5-2-3-7-13(11)18(15,16)14-9-12-6-4-8-17-10-12/h2-3,5,7,12,14H,4,6,8-10H2,1H3. The number of nitrogens with one attached hydrogen (secondary N) is 1. The first-order chi connectivity index (χ1) is 8.59. The molecule has 1 aliphatic heterocycles. The Balaban J connectivity index is 2.01. The fourth-order valence-electron chi connectivity index (χ4n) is 2.13. The number of aryl methyl sites for hydroxylation is 1. The van der Waals surface area contributed by atoms with Gasteiger partial charge < -0.3 is 4.74 Å². The summed E-state index contributed by atoms with van der Waals surface area (Å²) in [6.45, 7) is 3.70. The summed E-state index contributed by atoms with van der Waals surface area (Å²) >= 11 is 0. The van der Waals surface area contributed by atoms with Gasteiger partial charge in [-0.05, 0) is 37.3 Å². The molecule has 1 fully saturated rings. The predicted molar refractivity (Wildman–Crippen MR) is 69.9 cm³/mol. The minimum absolute atomic E-state index is 0.289. The SMILES string of the molecule is Cc1ccccc1S(=O)(=O)NCC1CCCOC1. The molecular weight excluding hydrogens is 250 g/mol. The van der Waals surface area contributed by atoms with Crippen LogP contribution in [-0.4, -0.2) is 28.2 Å². The molecule has 100 valence electrons. The van der Waals surface area contributed by atoms with E-state index in [4.69, 9.17) is 4.74 Å². The number of sulfonamides is 1. The molecule has 2 rings (SSSR count). The van der Waals surface area contributed by atoms with Gasteiger partial charge in [0.25, 0.3) is 0 Å². The lowest BCUT2D eigenvalue weighted by Crippen LogP contribution is -2.33. The zero-order chi connectivity index (χ0) is 13.0. The van der Waals surface area contributed by atoms with Gasteiger partial charge in [0.05, 0.1) is 11.5 Å². The number of benzene rings is 1. The third kappa shape index (κ3) is 3.31.